The predicted molar refractivity (Wildman–Crippen MR) is 84.0 cm³/mol. The van der Waals surface area contributed by atoms with E-state index >= 15 is 0 Å². The highest BCUT2D eigenvalue weighted by Gasteiger charge is 2.33. The van der Waals surface area contributed by atoms with Gasteiger partial charge in [0.25, 0.3) is 0 Å². The predicted octanol–water partition coefficient (Wildman–Crippen LogP) is 2.12. The van der Waals surface area contributed by atoms with E-state index < -0.39 is 5.91 Å². The van der Waals surface area contributed by atoms with Gasteiger partial charge >= 0.3 is 0 Å². The zero-order valence-electron chi connectivity index (χ0n) is 13.0. The summed E-state index contributed by atoms with van der Waals surface area (Å²) in [6.07, 6.45) is 4.44. The molecule has 0 bridgehead atoms. The molecule has 2 atom stereocenters. The first-order valence-corrected chi connectivity index (χ1v) is 7.71. The average Bonchev–Trinajstić information content (AvgIpc) is 2.46. The molecule has 1 saturated carbocycles. The summed E-state index contributed by atoms with van der Waals surface area (Å²) in [6.45, 7) is 5.12. The number of hydrogen-bond acceptors (Lipinski definition) is 3. The molecule has 1 aromatic carbocycles. The number of amides is 1. The third kappa shape index (κ3) is 3.83. The Hall–Kier alpha value is -1.39. The maximum Gasteiger partial charge on any atom is 0.248 e. The lowest BCUT2D eigenvalue weighted by Crippen LogP contribution is -2.51. The van der Waals surface area contributed by atoms with Crippen LogP contribution in [0.25, 0.3) is 0 Å². The molecule has 1 fully saturated rings. The molecule has 1 amide bonds. The van der Waals surface area contributed by atoms with Gasteiger partial charge in [-0.05, 0) is 48.9 Å². The molecular weight excluding hydrogens is 264 g/mol. The van der Waals surface area contributed by atoms with Crippen LogP contribution in [0.5, 0.6) is 0 Å². The van der Waals surface area contributed by atoms with Crippen molar-refractivity contribution in [2.24, 2.45) is 11.7 Å². The fourth-order valence-electron chi connectivity index (χ4n) is 3.35. The Kier molecular flexibility index (Phi) is 5.01. The summed E-state index contributed by atoms with van der Waals surface area (Å²) in [5.74, 6) is 0.252. The zero-order chi connectivity index (χ0) is 15.5. The topological polar surface area (TPSA) is 75.4 Å². The van der Waals surface area contributed by atoms with Crippen LogP contribution in [-0.2, 0) is 6.54 Å². The van der Waals surface area contributed by atoms with E-state index in [1.54, 1.807) is 6.07 Å². The van der Waals surface area contributed by atoms with Gasteiger partial charge in [-0.15, -0.1) is 0 Å². The monoisotopic (exact) mass is 290 g/mol. The molecule has 2 unspecified atom stereocenters. The van der Waals surface area contributed by atoms with Crippen molar-refractivity contribution in [3.05, 3.63) is 34.9 Å². The van der Waals surface area contributed by atoms with E-state index in [4.69, 9.17) is 5.73 Å². The Labute approximate surface area is 126 Å². The van der Waals surface area contributed by atoms with Crippen LogP contribution < -0.4 is 11.1 Å². The number of nitrogens with two attached hydrogens (primary N) is 1. The van der Waals surface area contributed by atoms with E-state index in [-0.39, 0.29) is 12.1 Å². The van der Waals surface area contributed by atoms with Gasteiger partial charge in [-0.2, -0.15) is 0 Å². The Morgan fingerprint density at radius 2 is 2.29 bits per heavy atom. The maximum atomic E-state index is 11.2. The van der Waals surface area contributed by atoms with E-state index in [9.17, 15) is 9.90 Å². The molecule has 0 saturated heterocycles. The fraction of sp³-hybridized carbons (Fsp3) is 0.588. The van der Waals surface area contributed by atoms with Crippen molar-refractivity contribution in [1.29, 1.82) is 0 Å². The van der Waals surface area contributed by atoms with Crippen molar-refractivity contribution in [3.8, 4) is 0 Å². The van der Waals surface area contributed by atoms with Crippen LogP contribution >= 0.6 is 0 Å². The minimum atomic E-state index is -0.398. The molecule has 1 aliphatic carbocycles. The molecule has 4 heteroatoms. The number of carbonyl (C=O) groups is 1. The van der Waals surface area contributed by atoms with Crippen LogP contribution in [0.4, 0.5) is 0 Å². The van der Waals surface area contributed by atoms with Crippen LogP contribution in [0.1, 0.15) is 54.1 Å². The lowest BCUT2D eigenvalue weighted by atomic mass is 9.76. The second kappa shape index (κ2) is 6.58. The van der Waals surface area contributed by atoms with E-state index in [2.05, 4.69) is 12.2 Å². The molecule has 116 valence electrons. The molecule has 0 aliphatic heterocycles. The van der Waals surface area contributed by atoms with Crippen molar-refractivity contribution in [2.45, 2.75) is 51.6 Å². The molecule has 0 spiro atoms. The number of benzene rings is 1. The number of aryl methyl sites for hydroxylation is 1. The van der Waals surface area contributed by atoms with Crippen molar-refractivity contribution in [2.75, 3.05) is 6.61 Å². The van der Waals surface area contributed by atoms with Gasteiger partial charge in [0.05, 0.1) is 6.61 Å². The van der Waals surface area contributed by atoms with Gasteiger partial charge in [-0.25, -0.2) is 0 Å². The summed E-state index contributed by atoms with van der Waals surface area (Å²) in [7, 11) is 0. The van der Waals surface area contributed by atoms with E-state index in [0.717, 1.165) is 30.4 Å². The first kappa shape index (κ1) is 16.0. The number of hydrogen-bond donors (Lipinski definition) is 3. The lowest BCUT2D eigenvalue weighted by Gasteiger charge is -2.39. The molecule has 4 nitrogen and oxygen atoms in total. The van der Waals surface area contributed by atoms with Gasteiger partial charge in [0, 0.05) is 17.6 Å². The van der Waals surface area contributed by atoms with Crippen LogP contribution in [0, 0.1) is 12.8 Å². The quantitative estimate of drug-likeness (QED) is 0.777. The molecular formula is C17H26N2O2. The molecule has 1 aliphatic rings. The van der Waals surface area contributed by atoms with Crippen LogP contribution in [0.2, 0.25) is 0 Å². The standard InChI is InChI=1S/C17H26N2O2/c1-12-4-3-7-17(9-12,11-20)19-10-15-6-5-14(16(18)21)8-13(15)2/h5-6,8,12,19-20H,3-4,7,9-11H2,1-2H3,(H2,18,21). The summed E-state index contributed by atoms with van der Waals surface area (Å²) in [4.78, 5) is 11.2. The molecule has 1 aromatic rings. The number of carbonyl (C=O) groups excluding carboxylic acids is 1. The molecule has 0 aromatic heterocycles. The first-order valence-electron chi connectivity index (χ1n) is 7.71. The summed E-state index contributed by atoms with van der Waals surface area (Å²) in [5.41, 5.74) is 7.87. The fourth-order valence-corrected chi connectivity index (χ4v) is 3.35. The van der Waals surface area contributed by atoms with Gasteiger partial charge in [0.15, 0.2) is 0 Å². The molecule has 21 heavy (non-hydrogen) atoms. The zero-order valence-corrected chi connectivity index (χ0v) is 13.0. The minimum Gasteiger partial charge on any atom is -0.394 e. The number of aliphatic hydroxyl groups is 1. The van der Waals surface area contributed by atoms with E-state index in [1.165, 1.54) is 6.42 Å². The normalized spacial score (nSPS) is 25.8. The maximum absolute atomic E-state index is 11.2. The van der Waals surface area contributed by atoms with Crippen molar-refractivity contribution < 1.29 is 9.90 Å². The SMILES string of the molecule is Cc1cc(C(N)=O)ccc1CNC1(CO)CCCC(C)C1. The molecule has 2 rings (SSSR count). The van der Waals surface area contributed by atoms with Crippen LogP contribution in [-0.4, -0.2) is 23.2 Å². The third-order valence-corrected chi connectivity index (χ3v) is 4.68. The molecule has 0 heterocycles. The van der Waals surface area contributed by atoms with E-state index in [0.29, 0.717) is 18.0 Å². The lowest BCUT2D eigenvalue weighted by molar-refractivity contribution is 0.0981. The Balaban J connectivity index is 2.06. The second-order valence-corrected chi connectivity index (χ2v) is 6.50. The van der Waals surface area contributed by atoms with Gasteiger partial charge in [-0.1, -0.05) is 25.8 Å². The van der Waals surface area contributed by atoms with Crippen molar-refractivity contribution >= 4 is 5.91 Å². The summed E-state index contributed by atoms with van der Waals surface area (Å²) in [6, 6.07) is 5.54. The van der Waals surface area contributed by atoms with Crippen LogP contribution in [0.15, 0.2) is 18.2 Å². The molecule has 4 N–H and O–H groups in total. The number of aliphatic hydroxyl groups excluding tert-OH is 1. The summed E-state index contributed by atoms with van der Waals surface area (Å²) >= 11 is 0. The minimum absolute atomic E-state index is 0.160. The Morgan fingerprint density at radius 3 is 2.86 bits per heavy atom. The van der Waals surface area contributed by atoms with Gasteiger partial charge < -0.3 is 16.2 Å². The second-order valence-electron chi connectivity index (χ2n) is 6.50. The summed E-state index contributed by atoms with van der Waals surface area (Å²) in [5, 5.41) is 13.4. The number of primary amides is 1. The highest BCUT2D eigenvalue weighted by atomic mass is 16.3. The Morgan fingerprint density at radius 1 is 1.52 bits per heavy atom. The largest absolute Gasteiger partial charge is 0.394 e. The number of nitrogens with one attached hydrogen (secondary N) is 1. The van der Waals surface area contributed by atoms with Gasteiger partial charge in [0.1, 0.15) is 0 Å². The van der Waals surface area contributed by atoms with Gasteiger partial charge in [0.2, 0.25) is 5.91 Å². The first-order chi connectivity index (χ1) is 9.96. The van der Waals surface area contributed by atoms with Crippen LogP contribution in [0.3, 0.4) is 0 Å². The van der Waals surface area contributed by atoms with Crippen molar-refractivity contribution in [1.82, 2.24) is 5.32 Å². The van der Waals surface area contributed by atoms with Gasteiger partial charge in [-0.3, -0.25) is 4.79 Å². The smallest absolute Gasteiger partial charge is 0.248 e. The highest BCUT2D eigenvalue weighted by Crippen LogP contribution is 2.32. The van der Waals surface area contributed by atoms with Crippen molar-refractivity contribution in [3.63, 3.8) is 0 Å². The van der Waals surface area contributed by atoms with E-state index in [1.807, 2.05) is 19.1 Å². The number of rotatable bonds is 5. The molecule has 0 radical (unpaired) electrons. The summed E-state index contributed by atoms with van der Waals surface area (Å²) < 4.78 is 0. The average molecular weight is 290 g/mol. The Bertz CT molecular complexity index is 516. The highest BCUT2D eigenvalue weighted by molar-refractivity contribution is 5.93. The third-order valence-electron chi connectivity index (χ3n) is 4.68.